The maximum Gasteiger partial charge on any atom is 0.416 e. The van der Waals surface area contributed by atoms with E-state index >= 15 is 0 Å². The molecular weight excluding hydrogens is 443 g/mol. The third-order valence-electron chi connectivity index (χ3n) is 5.12. The van der Waals surface area contributed by atoms with Crippen molar-refractivity contribution in [3.63, 3.8) is 0 Å². The minimum absolute atomic E-state index is 0.0389. The van der Waals surface area contributed by atoms with E-state index in [0.29, 0.717) is 25.9 Å². The Bertz CT molecular complexity index is 854. The van der Waals surface area contributed by atoms with Crippen molar-refractivity contribution in [2.75, 3.05) is 24.2 Å². The number of benzene rings is 1. The van der Waals surface area contributed by atoms with Gasteiger partial charge in [0.25, 0.3) is 0 Å². The van der Waals surface area contributed by atoms with Crippen LogP contribution in [0.25, 0.3) is 0 Å². The fraction of sp³-hybridized carbons (Fsp3) is 0.632. The fourth-order valence-electron chi connectivity index (χ4n) is 3.26. The molecule has 1 aliphatic rings. The molecule has 0 aliphatic carbocycles. The van der Waals surface area contributed by atoms with E-state index in [9.17, 15) is 26.4 Å². The Balaban J connectivity index is 2.03. The van der Waals surface area contributed by atoms with Gasteiger partial charge in [0.1, 0.15) is 6.04 Å². The highest BCUT2D eigenvalue weighted by molar-refractivity contribution is 7.89. The molecule has 1 aliphatic heterocycles. The second-order valence-corrected chi connectivity index (χ2v) is 10.3. The van der Waals surface area contributed by atoms with Crippen LogP contribution in [0.4, 0.5) is 18.9 Å². The van der Waals surface area contributed by atoms with Gasteiger partial charge in [-0.05, 0) is 43.9 Å². The molecule has 0 radical (unpaired) electrons. The number of carbonyl (C=O) groups excluding carboxylic acids is 1. The number of amides is 1. The van der Waals surface area contributed by atoms with Gasteiger partial charge in [-0.2, -0.15) is 13.2 Å². The van der Waals surface area contributed by atoms with Gasteiger partial charge in [-0.1, -0.05) is 25.4 Å². The van der Waals surface area contributed by atoms with Crippen LogP contribution in [0, 0.1) is 5.92 Å². The van der Waals surface area contributed by atoms with Crippen molar-refractivity contribution in [1.82, 2.24) is 9.62 Å². The third-order valence-corrected chi connectivity index (χ3v) is 7.31. The molecule has 1 saturated heterocycles. The first kappa shape index (κ1) is 24.7. The Morgan fingerprint density at radius 1 is 1.27 bits per heavy atom. The number of carbonyl (C=O) groups is 1. The van der Waals surface area contributed by atoms with Gasteiger partial charge in [0, 0.05) is 19.1 Å². The van der Waals surface area contributed by atoms with Crippen molar-refractivity contribution in [3.8, 4) is 0 Å². The Kier molecular flexibility index (Phi) is 8.03. The molecule has 2 N–H and O–H groups in total. The predicted molar refractivity (Wildman–Crippen MR) is 111 cm³/mol. The first-order chi connectivity index (χ1) is 13.8. The fourth-order valence-corrected chi connectivity index (χ4v) is 4.63. The molecular formula is C19H27ClF3N3O3S. The van der Waals surface area contributed by atoms with Gasteiger partial charge in [-0.3, -0.25) is 4.79 Å². The minimum atomic E-state index is -4.50. The number of nitrogens with zero attached hydrogens (tertiary/aromatic N) is 1. The van der Waals surface area contributed by atoms with Crippen molar-refractivity contribution in [2.24, 2.45) is 5.92 Å². The summed E-state index contributed by atoms with van der Waals surface area (Å²) in [4.78, 5) is 12.8. The molecule has 0 bridgehead atoms. The van der Waals surface area contributed by atoms with Crippen LogP contribution in [0.1, 0.15) is 39.2 Å². The summed E-state index contributed by atoms with van der Waals surface area (Å²) in [5.41, 5.74) is -0.625. The summed E-state index contributed by atoms with van der Waals surface area (Å²) >= 11 is 6.00. The van der Waals surface area contributed by atoms with Crippen molar-refractivity contribution in [2.45, 2.75) is 51.9 Å². The molecule has 170 valence electrons. The lowest BCUT2D eigenvalue weighted by Crippen LogP contribution is -2.51. The number of halogens is 4. The third kappa shape index (κ3) is 6.24. The molecule has 1 atom stereocenters. The largest absolute Gasteiger partial charge is 0.416 e. The quantitative estimate of drug-likeness (QED) is 0.638. The lowest BCUT2D eigenvalue weighted by Gasteiger charge is -2.33. The van der Waals surface area contributed by atoms with Crippen LogP contribution in [-0.2, 0) is 21.0 Å². The van der Waals surface area contributed by atoms with E-state index in [2.05, 4.69) is 10.6 Å². The molecule has 30 heavy (non-hydrogen) atoms. The number of hydrogen-bond acceptors (Lipinski definition) is 4. The average molecular weight is 470 g/mol. The highest BCUT2D eigenvalue weighted by Crippen LogP contribution is 2.34. The summed E-state index contributed by atoms with van der Waals surface area (Å²) in [5.74, 6) is -0.432. The number of alkyl halides is 3. The SMILES string of the molecule is CCS(=O)(=O)N1CCC(NC(=O)C(Nc2ccc(C(F)(F)F)cc2Cl)C(C)C)CC1. The monoisotopic (exact) mass is 469 g/mol. The lowest BCUT2D eigenvalue weighted by atomic mass is 10.0. The van der Waals surface area contributed by atoms with Crippen molar-refractivity contribution >= 4 is 33.2 Å². The number of nitrogens with one attached hydrogen (secondary N) is 2. The molecule has 1 aromatic rings. The van der Waals surface area contributed by atoms with E-state index < -0.39 is 27.8 Å². The molecule has 0 aromatic heterocycles. The summed E-state index contributed by atoms with van der Waals surface area (Å²) in [5, 5.41) is 5.74. The maximum atomic E-state index is 12.8. The average Bonchev–Trinajstić information content (AvgIpc) is 2.66. The number of sulfonamides is 1. The molecule has 0 spiro atoms. The van der Waals surface area contributed by atoms with E-state index in [1.165, 1.54) is 10.4 Å². The van der Waals surface area contributed by atoms with Gasteiger partial charge in [0.15, 0.2) is 0 Å². The van der Waals surface area contributed by atoms with Crippen LogP contribution < -0.4 is 10.6 Å². The van der Waals surface area contributed by atoms with Crippen molar-refractivity contribution in [3.05, 3.63) is 28.8 Å². The Hall–Kier alpha value is -1.52. The van der Waals surface area contributed by atoms with Crippen LogP contribution in [0.3, 0.4) is 0 Å². The number of rotatable bonds is 7. The molecule has 1 heterocycles. The van der Waals surface area contributed by atoms with Gasteiger partial charge >= 0.3 is 6.18 Å². The highest BCUT2D eigenvalue weighted by atomic mass is 35.5. The number of hydrogen-bond donors (Lipinski definition) is 2. The van der Waals surface area contributed by atoms with E-state index in [0.717, 1.165) is 12.1 Å². The highest BCUT2D eigenvalue weighted by Gasteiger charge is 2.32. The molecule has 6 nitrogen and oxygen atoms in total. The predicted octanol–water partition coefficient (Wildman–Crippen LogP) is 3.73. The molecule has 0 saturated carbocycles. The van der Waals surface area contributed by atoms with Crippen molar-refractivity contribution < 1.29 is 26.4 Å². The standard InChI is InChI=1S/C19H27ClF3N3O3S/c1-4-30(28,29)26-9-7-14(8-10-26)24-18(27)17(12(2)3)25-16-6-5-13(11-15(16)20)19(21,22)23/h5-6,11-12,14,17,25H,4,7-10H2,1-3H3,(H,24,27). The van der Waals surface area contributed by atoms with E-state index in [1.807, 2.05) is 13.8 Å². The zero-order chi connectivity index (χ0) is 22.7. The zero-order valence-corrected chi connectivity index (χ0v) is 18.7. The molecule has 1 amide bonds. The second kappa shape index (κ2) is 9.74. The van der Waals surface area contributed by atoms with Crippen LogP contribution in [0.15, 0.2) is 18.2 Å². The first-order valence-electron chi connectivity index (χ1n) is 9.76. The summed E-state index contributed by atoms with van der Waals surface area (Å²) in [6, 6.07) is 2.06. The van der Waals surface area contributed by atoms with Gasteiger partial charge in [0.2, 0.25) is 15.9 Å². The van der Waals surface area contributed by atoms with Gasteiger partial charge in [-0.25, -0.2) is 12.7 Å². The number of anilines is 1. The zero-order valence-electron chi connectivity index (χ0n) is 17.1. The molecule has 1 aromatic carbocycles. The van der Waals surface area contributed by atoms with E-state index in [-0.39, 0.29) is 34.3 Å². The topological polar surface area (TPSA) is 78.5 Å². The molecule has 1 unspecified atom stereocenters. The molecule has 2 rings (SSSR count). The Morgan fingerprint density at radius 2 is 1.87 bits per heavy atom. The van der Waals surface area contributed by atoms with Crippen molar-refractivity contribution in [1.29, 1.82) is 0 Å². The lowest BCUT2D eigenvalue weighted by molar-refractivity contribution is -0.137. The van der Waals surface area contributed by atoms with Crippen LogP contribution in [-0.4, -0.2) is 49.6 Å². The normalized spacial score (nSPS) is 17.7. The van der Waals surface area contributed by atoms with Crippen LogP contribution in [0.2, 0.25) is 5.02 Å². The Morgan fingerprint density at radius 3 is 2.33 bits per heavy atom. The van der Waals surface area contributed by atoms with Crippen LogP contribution >= 0.6 is 11.6 Å². The van der Waals surface area contributed by atoms with Gasteiger partial charge in [-0.15, -0.1) is 0 Å². The smallest absolute Gasteiger partial charge is 0.372 e. The molecule has 1 fully saturated rings. The summed E-state index contributed by atoms with van der Waals surface area (Å²) in [7, 11) is -3.25. The minimum Gasteiger partial charge on any atom is -0.372 e. The van der Waals surface area contributed by atoms with Gasteiger partial charge in [0.05, 0.1) is 22.0 Å². The number of piperidine rings is 1. The summed E-state index contributed by atoms with van der Waals surface area (Å²) in [6.45, 7) is 5.89. The second-order valence-electron chi connectivity index (χ2n) is 7.64. The van der Waals surface area contributed by atoms with Crippen LogP contribution in [0.5, 0.6) is 0 Å². The van der Waals surface area contributed by atoms with E-state index in [4.69, 9.17) is 11.6 Å². The Labute approximate surface area is 180 Å². The first-order valence-corrected chi connectivity index (χ1v) is 11.7. The summed E-state index contributed by atoms with van der Waals surface area (Å²) < 4.78 is 63.8. The van der Waals surface area contributed by atoms with E-state index in [1.54, 1.807) is 6.92 Å². The molecule has 11 heteroatoms. The van der Waals surface area contributed by atoms with Gasteiger partial charge < -0.3 is 10.6 Å². The summed E-state index contributed by atoms with van der Waals surface area (Å²) in [6.07, 6.45) is -3.51. The maximum absolute atomic E-state index is 12.8.